The normalized spacial score (nSPS) is 26.6. The maximum Gasteiger partial charge on any atom is 0.305 e. The molecule has 1 rings (SSSR count). The lowest BCUT2D eigenvalue weighted by Gasteiger charge is -2.16. The van der Waals surface area contributed by atoms with E-state index in [4.69, 9.17) is 9.47 Å². The van der Waals surface area contributed by atoms with Crippen LogP contribution in [0.5, 0.6) is 0 Å². The molecule has 0 heterocycles. The number of carbonyl (C=O) groups excluding carboxylic acids is 2. The predicted octanol–water partition coefficient (Wildman–Crippen LogP) is 2.17. The van der Waals surface area contributed by atoms with Gasteiger partial charge in [0, 0.05) is 12.8 Å². The Morgan fingerprint density at radius 2 is 1.35 bits per heavy atom. The maximum atomic E-state index is 11.3. The SMILES string of the molecule is COC(=O)C[C@@H]1CC(C)(C)C[C@@H]1CC(=O)OC. The highest BCUT2D eigenvalue weighted by Crippen LogP contribution is 2.47. The molecule has 0 saturated heterocycles. The van der Waals surface area contributed by atoms with Crippen LogP contribution in [-0.2, 0) is 19.1 Å². The van der Waals surface area contributed by atoms with Crippen LogP contribution in [0.25, 0.3) is 0 Å². The van der Waals surface area contributed by atoms with Gasteiger partial charge in [-0.3, -0.25) is 9.59 Å². The molecule has 0 radical (unpaired) electrons. The van der Waals surface area contributed by atoms with Gasteiger partial charge in [-0.05, 0) is 30.1 Å². The third-order valence-electron chi connectivity index (χ3n) is 3.61. The minimum absolute atomic E-state index is 0.192. The van der Waals surface area contributed by atoms with Gasteiger partial charge in [0.1, 0.15) is 0 Å². The van der Waals surface area contributed by atoms with E-state index in [2.05, 4.69) is 13.8 Å². The van der Waals surface area contributed by atoms with Crippen molar-refractivity contribution in [2.75, 3.05) is 14.2 Å². The van der Waals surface area contributed by atoms with E-state index in [9.17, 15) is 9.59 Å². The third-order valence-corrected chi connectivity index (χ3v) is 3.61. The Bertz CT molecular complexity index is 268. The maximum absolute atomic E-state index is 11.3. The van der Waals surface area contributed by atoms with Crippen LogP contribution in [0.15, 0.2) is 0 Å². The zero-order valence-corrected chi connectivity index (χ0v) is 11.1. The quantitative estimate of drug-likeness (QED) is 0.709. The lowest BCUT2D eigenvalue weighted by atomic mass is 9.90. The molecular weight excluding hydrogens is 220 g/mol. The van der Waals surface area contributed by atoms with Crippen LogP contribution in [0.4, 0.5) is 0 Å². The highest BCUT2D eigenvalue weighted by Gasteiger charge is 2.41. The van der Waals surface area contributed by atoms with Crippen LogP contribution in [-0.4, -0.2) is 26.2 Å². The summed E-state index contributed by atoms with van der Waals surface area (Å²) in [6.07, 6.45) is 2.73. The van der Waals surface area contributed by atoms with Gasteiger partial charge < -0.3 is 9.47 Å². The Kier molecular flexibility index (Phi) is 4.54. The Balaban J connectivity index is 2.64. The van der Waals surface area contributed by atoms with Gasteiger partial charge in [-0.2, -0.15) is 0 Å². The highest BCUT2D eigenvalue weighted by atomic mass is 16.5. The summed E-state index contributed by atoms with van der Waals surface area (Å²) in [5.74, 6) is 0.0817. The molecule has 4 heteroatoms. The first kappa shape index (κ1) is 14.0. The molecule has 0 spiro atoms. The van der Waals surface area contributed by atoms with Crippen LogP contribution in [0.1, 0.15) is 39.5 Å². The molecule has 98 valence electrons. The van der Waals surface area contributed by atoms with Gasteiger partial charge in [-0.15, -0.1) is 0 Å². The standard InChI is InChI=1S/C13H22O4/c1-13(2)7-9(5-11(14)16-3)10(8-13)6-12(15)17-4/h9-10H,5-8H2,1-4H3/t9-,10+. The Morgan fingerprint density at radius 1 is 1.00 bits per heavy atom. The van der Waals surface area contributed by atoms with Crippen molar-refractivity contribution in [3.63, 3.8) is 0 Å². The molecule has 0 aromatic carbocycles. The summed E-state index contributed by atoms with van der Waals surface area (Å²) >= 11 is 0. The fourth-order valence-corrected chi connectivity index (χ4v) is 2.91. The molecule has 1 aliphatic carbocycles. The minimum atomic E-state index is -0.192. The zero-order chi connectivity index (χ0) is 13.1. The molecule has 0 bridgehead atoms. The van der Waals surface area contributed by atoms with Crippen molar-refractivity contribution in [1.29, 1.82) is 0 Å². The van der Waals surface area contributed by atoms with Crippen LogP contribution in [0.2, 0.25) is 0 Å². The van der Waals surface area contributed by atoms with Crippen molar-refractivity contribution >= 4 is 11.9 Å². The lowest BCUT2D eigenvalue weighted by molar-refractivity contribution is -0.145. The predicted molar refractivity (Wildman–Crippen MR) is 63.3 cm³/mol. The summed E-state index contributed by atoms with van der Waals surface area (Å²) in [6, 6.07) is 0. The van der Waals surface area contributed by atoms with Gasteiger partial charge in [-0.25, -0.2) is 0 Å². The largest absolute Gasteiger partial charge is 0.469 e. The fourth-order valence-electron chi connectivity index (χ4n) is 2.91. The molecule has 1 aliphatic rings. The van der Waals surface area contributed by atoms with Gasteiger partial charge in [0.25, 0.3) is 0 Å². The average Bonchev–Trinajstić information content (AvgIpc) is 2.52. The first-order chi connectivity index (χ1) is 7.88. The number of esters is 2. The molecule has 0 aliphatic heterocycles. The molecule has 17 heavy (non-hydrogen) atoms. The van der Waals surface area contributed by atoms with Crippen molar-refractivity contribution in [3.8, 4) is 0 Å². The average molecular weight is 242 g/mol. The van der Waals surface area contributed by atoms with E-state index in [-0.39, 0.29) is 29.2 Å². The molecular formula is C13H22O4. The number of ether oxygens (including phenoxy) is 2. The fraction of sp³-hybridized carbons (Fsp3) is 0.846. The van der Waals surface area contributed by atoms with Gasteiger partial charge >= 0.3 is 11.9 Å². The number of methoxy groups -OCH3 is 2. The van der Waals surface area contributed by atoms with Crippen LogP contribution >= 0.6 is 0 Å². The smallest absolute Gasteiger partial charge is 0.305 e. The lowest BCUT2D eigenvalue weighted by Crippen LogP contribution is -2.17. The van der Waals surface area contributed by atoms with E-state index in [0.29, 0.717) is 12.8 Å². The Morgan fingerprint density at radius 3 is 1.65 bits per heavy atom. The molecule has 4 nitrogen and oxygen atoms in total. The van der Waals surface area contributed by atoms with Crippen LogP contribution < -0.4 is 0 Å². The van der Waals surface area contributed by atoms with Crippen molar-refractivity contribution in [2.45, 2.75) is 39.5 Å². The summed E-state index contributed by atoms with van der Waals surface area (Å²) in [5, 5.41) is 0. The minimum Gasteiger partial charge on any atom is -0.469 e. The van der Waals surface area contributed by atoms with E-state index in [0.717, 1.165) is 12.8 Å². The summed E-state index contributed by atoms with van der Waals surface area (Å²) in [4.78, 5) is 22.7. The summed E-state index contributed by atoms with van der Waals surface area (Å²) in [7, 11) is 2.80. The van der Waals surface area contributed by atoms with Crippen molar-refractivity contribution in [2.24, 2.45) is 17.3 Å². The topological polar surface area (TPSA) is 52.6 Å². The second-order valence-electron chi connectivity index (χ2n) is 5.65. The highest BCUT2D eigenvalue weighted by molar-refractivity contribution is 5.71. The molecule has 0 unspecified atom stereocenters. The summed E-state index contributed by atoms with van der Waals surface area (Å²) in [5.41, 5.74) is 0.192. The molecule has 0 N–H and O–H groups in total. The van der Waals surface area contributed by atoms with Gasteiger partial charge in [0.15, 0.2) is 0 Å². The van der Waals surface area contributed by atoms with E-state index in [1.807, 2.05) is 0 Å². The molecule has 0 aromatic rings. The second-order valence-corrected chi connectivity index (χ2v) is 5.65. The van der Waals surface area contributed by atoms with Gasteiger partial charge in [-0.1, -0.05) is 13.8 Å². The third kappa shape index (κ3) is 4.02. The number of hydrogen-bond acceptors (Lipinski definition) is 4. The summed E-state index contributed by atoms with van der Waals surface area (Å²) in [6.45, 7) is 4.35. The number of rotatable bonds is 4. The van der Waals surface area contributed by atoms with Crippen LogP contribution in [0.3, 0.4) is 0 Å². The first-order valence-corrected chi connectivity index (χ1v) is 6.01. The van der Waals surface area contributed by atoms with Crippen molar-refractivity contribution < 1.29 is 19.1 Å². The second kappa shape index (κ2) is 5.52. The molecule has 0 amide bonds. The Labute approximate surface area is 103 Å². The summed E-state index contributed by atoms with van der Waals surface area (Å²) < 4.78 is 9.41. The molecule has 2 atom stereocenters. The van der Waals surface area contributed by atoms with Gasteiger partial charge in [0.2, 0.25) is 0 Å². The molecule has 0 aromatic heterocycles. The van der Waals surface area contributed by atoms with Crippen molar-refractivity contribution in [3.05, 3.63) is 0 Å². The Hall–Kier alpha value is -1.06. The van der Waals surface area contributed by atoms with E-state index >= 15 is 0 Å². The van der Waals surface area contributed by atoms with Gasteiger partial charge in [0.05, 0.1) is 14.2 Å². The van der Waals surface area contributed by atoms with Crippen LogP contribution in [0, 0.1) is 17.3 Å². The number of hydrogen-bond donors (Lipinski definition) is 0. The molecule has 1 saturated carbocycles. The van der Waals surface area contributed by atoms with E-state index in [1.54, 1.807) is 0 Å². The zero-order valence-electron chi connectivity index (χ0n) is 11.1. The number of carbonyl (C=O) groups is 2. The van der Waals surface area contributed by atoms with E-state index < -0.39 is 0 Å². The molecule has 1 fully saturated rings. The van der Waals surface area contributed by atoms with E-state index in [1.165, 1.54) is 14.2 Å². The first-order valence-electron chi connectivity index (χ1n) is 6.01. The monoisotopic (exact) mass is 242 g/mol. The van der Waals surface area contributed by atoms with Crippen molar-refractivity contribution in [1.82, 2.24) is 0 Å².